The Morgan fingerprint density at radius 2 is 0.596 bits per heavy atom. The minimum absolute atomic E-state index is 0.880. The van der Waals surface area contributed by atoms with Crippen molar-refractivity contribution in [3.05, 3.63) is 170 Å². The van der Waals surface area contributed by atoms with E-state index in [2.05, 4.69) is 170 Å². The number of fused-ring (bicyclic) bond motifs is 11. The summed E-state index contributed by atoms with van der Waals surface area (Å²) in [6, 6.07) is 61.6. The summed E-state index contributed by atoms with van der Waals surface area (Å²) >= 11 is 0. The average Bonchev–Trinajstić information content (AvgIpc) is 3.80. The summed E-state index contributed by atoms with van der Waals surface area (Å²) < 4.78 is 13.1. The van der Waals surface area contributed by atoms with Gasteiger partial charge in [0.05, 0.1) is 0 Å². The molecule has 0 saturated carbocycles. The monoisotopic (exact) mass is 660 g/mol. The molecule has 0 bridgehead atoms. The lowest BCUT2D eigenvalue weighted by molar-refractivity contribution is 0.632. The minimum atomic E-state index is 0.880. The summed E-state index contributed by atoms with van der Waals surface area (Å²) in [5.74, 6) is 1.76. The molecule has 0 aliphatic heterocycles. The second kappa shape index (κ2) is 10.3. The molecule has 240 valence electrons. The second-order valence-electron chi connectivity index (χ2n) is 14.2. The lowest BCUT2D eigenvalue weighted by atomic mass is 9.96. The summed E-state index contributed by atoms with van der Waals surface area (Å²) in [4.78, 5) is 0. The van der Waals surface area contributed by atoms with Crippen LogP contribution in [0.15, 0.2) is 179 Å². The van der Waals surface area contributed by atoms with Gasteiger partial charge in [-0.05, 0) is 148 Å². The molecule has 0 aliphatic carbocycles. The van der Waals surface area contributed by atoms with E-state index in [1.165, 1.54) is 75.4 Å². The van der Waals surface area contributed by atoms with E-state index in [1.54, 1.807) is 0 Å². The predicted molar refractivity (Wildman–Crippen MR) is 219 cm³/mol. The highest BCUT2D eigenvalue weighted by molar-refractivity contribution is 6.20. The Labute approximate surface area is 297 Å². The van der Waals surface area contributed by atoms with Crippen LogP contribution in [0.25, 0.3) is 120 Å². The first-order valence-electron chi connectivity index (χ1n) is 17.8. The summed E-state index contributed by atoms with van der Waals surface area (Å²) in [5.41, 5.74) is 3.95. The van der Waals surface area contributed by atoms with Gasteiger partial charge in [-0.2, -0.15) is 0 Å². The van der Waals surface area contributed by atoms with Crippen LogP contribution < -0.4 is 0 Å². The first kappa shape index (κ1) is 27.9. The second-order valence-corrected chi connectivity index (χ2v) is 14.2. The van der Waals surface area contributed by atoms with Crippen LogP contribution in [0, 0.1) is 0 Å². The Kier molecular flexibility index (Phi) is 5.53. The topological polar surface area (TPSA) is 26.3 Å². The molecule has 2 heteroatoms. The van der Waals surface area contributed by atoms with Crippen molar-refractivity contribution in [2.45, 2.75) is 0 Å². The van der Waals surface area contributed by atoms with Gasteiger partial charge in [-0.3, -0.25) is 0 Å². The smallest absolute Gasteiger partial charge is 0.135 e. The highest BCUT2D eigenvalue weighted by Crippen LogP contribution is 2.39. The summed E-state index contributed by atoms with van der Waals surface area (Å²) in [6.45, 7) is 0. The first-order chi connectivity index (χ1) is 25.7. The molecule has 0 spiro atoms. The predicted octanol–water partition coefficient (Wildman–Crippen LogP) is 14.6. The number of hydrogen-bond acceptors (Lipinski definition) is 2. The Morgan fingerprint density at radius 1 is 0.231 bits per heavy atom. The number of furan rings is 2. The highest BCUT2D eigenvalue weighted by Gasteiger charge is 2.14. The normalized spacial score (nSPS) is 12.2. The van der Waals surface area contributed by atoms with Crippen molar-refractivity contribution in [2.24, 2.45) is 0 Å². The van der Waals surface area contributed by atoms with Gasteiger partial charge in [-0.15, -0.1) is 0 Å². The molecule has 2 aromatic heterocycles. The van der Waals surface area contributed by atoms with Gasteiger partial charge in [0.15, 0.2) is 0 Å². The van der Waals surface area contributed by atoms with Crippen molar-refractivity contribution in [2.75, 3.05) is 0 Å². The van der Waals surface area contributed by atoms with Gasteiger partial charge in [0, 0.05) is 21.9 Å². The molecule has 0 N–H and O–H groups in total. The Hall–Kier alpha value is -6.90. The maximum Gasteiger partial charge on any atom is 0.135 e. The fraction of sp³-hybridized carbons (Fsp3) is 0. The van der Waals surface area contributed by atoms with E-state index < -0.39 is 0 Å². The number of rotatable bonds is 2. The van der Waals surface area contributed by atoms with Gasteiger partial charge in [0.2, 0.25) is 0 Å². The molecule has 12 aromatic rings. The van der Waals surface area contributed by atoms with Crippen molar-refractivity contribution in [1.82, 2.24) is 0 Å². The molecular weight excluding hydrogens is 633 g/mol. The Morgan fingerprint density at radius 3 is 1.04 bits per heavy atom. The van der Waals surface area contributed by atoms with E-state index >= 15 is 0 Å². The Balaban J connectivity index is 0.958. The van der Waals surface area contributed by atoms with Crippen molar-refractivity contribution in [3.8, 4) is 22.6 Å². The number of benzene rings is 10. The summed E-state index contributed by atoms with van der Waals surface area (Å²) in [5, 5.41) is 19.3. The van der Waals surface area contributed by atoms with Crippen LogP contribution in [0.1, 0.15) is 0 Å². The lowest BCUT2D eigenvalue weighted by Gasteiger charge is -2.08. The van der Waals surface area contributed by atoms with E-state index in [1.807, 2.05) is 0 Å². The molecule has 52 heavy (non-hydrogen) atoms. The minimum Gasteiger partial charge on any atom is -0.456 e. The highest BCUT2D eigenvalue weighted by atomic mass is 16.3. The fourth-order valence-electron chi connectivity index (χ4n) is 8.42. The standard InChI is InChI=1S/C50H28O2/c1-3-7-31-19-39-23-37(11-9-33(39)17-29(31)5-1)47-25-41-21-35-13-15-44-43(45(35)27-49(41)51-47)16-14-36-22-42-26-48(52-50(42)28-46(36)44)38-12-10-34-18-30-6-2-4-8-32(30)20-40(34)24-38/h1-28H. The lowest BCUT2D eigenvalue weighted by Crippen LogP contribution is -1.81. The molecule has 0 fully saturated rings. The maximum atomic E-state index is 6.57. The molecule has 0 saturated heterocycles. The summed E-state index contributed by atoms with van der Waals surface area (Å²) in [6.07, 6.45) is 0. The third-order valence-electron chi connectivity index (χ3n) is 11.1. The first-order valence-corrected chi connectivity index (χ1v) is 17.8. The average molecular weight is 661 g/mol. The Bertz CT molecular complexity index is 3240. The van der Waals surface area contributed by atoms with Crippen LogP contribution in [0.5, 0.6) is 0 Å². The molecule has 2 heterocycles. The zero-order valence-corrected chi connectivity index (χ0v) is 28.0. The van der Waals surface area contributed by atoms with Crippen molar-refractivity contribution < 1.29 is 8.83 Å². The van der Waals surface area contributed by atoms with Crippen molar-refractivity contribution in [3.63, 3.8) is 0 Å². The third kappa shape index (κ3) is 4.19. The van der Waals surface area contributed by atoms with E-state index in [9.17, 15) is 0 Å². The van der Waals surface area contributed by atoms with E-state index in [0.29, 0.717) is 0 Å². The molecule has 2 nitrogen and oxygen atoms in total. The number of hydrogen-bond donors (Lipinski definition) is 0. The SMILES string of the molecule is c1ccc2cc3cc(-c4cc5cc6ccc7c8cc9oc(-c%10ccc%11cc%12ccccc%12cc%11c%10)cc9cc8ccc7c6cc5o4)ccc3cc2c1. The van der Waals surface area contributed by atoms with Crippen LogP contribution in [-0.2, 0) is 0 Å². The zero-order valence-electron chi connectivity index (χ0n) is 28.0. The molecule has 10 aromatic carbocycles. The van der Waals surface area contributed by atoms with E-state index in [-0.39, 0.29) is 0 Å². The van der Waals surface area contributed by atoms with Crippen LogP contribution in [0.3, 0.4) is 0 Å². The molecule has 0 unspecified atom stereocenters. The molecule has 0 atom stereocenters. The van der Waals surface area contributed by atoms with Crippen molar-refractivity contribution >= 4 is 97.3 Å². The van der Waals surface area contributed by atoms with Crippen molar-refractivity contribution in [1.29, 1.82) is 0 Å². The summed E-state index contributed by atoms with van der Waals surface area (Å²) in [7, 11) is 0. The largest absolute Gasteiger partial charge is 0.456 e. The molecule has 0 radical (unpaired) electrons. The van der Waals surface area contributed by atoms with Gasteiger partial charge in [-0.25, -0.2) is 0 Å². The van der Waals surface area contributed by atoms with Crippen LogP contribution in [0.2, 0.25) is 0 Å². The van der Waals surface area contributed by atoms with Gasteiger partial charge < -0.3 is 8.83 Å². The molecule has 12 rings (SSSR count). The van der Waals surface area contributed by atoms with E-state index in [4.69, 9.17) is 8.83 Å². The van der Waals surface area contributed by atoms with Crippen LogP contribution in [-0.4, -0.2) is 0 Å². The van der Waals surface area contributed by atoms with Gasteiger partial charge in [0.1, 0.15) is 22.7 Å². The zero-order chi connectivity index (χ0) is 33.9. The molecule has 0 aliphatic rings. The van der Waals surface area contributed by atoms with Gasteiger partial charge >= 0.3 is 0 Å². The van der Waals surface area contributed by atoms with Crippen LogP contribution >= 0.6 is 0 Å². The third-order valence-corrected chi connectivity index (χ3v) is 11.1. The van der Waals surface area contributed by atoms with E-state index in [0.717, 1.165) is 44.6 Å². The van der Waals surface area contributed by atoms with Gasteiger partial charge in [-0.1, -0.05) is 97.1 Å². The van der Waals surface area contributed by atoms with Gasteiger partial charge in [0.25, 0.3) is 0 Å². The van der Waals surface area contributed by atoms with Crippen LogP contribution in [0.4, 0.5) is 0 Å². The maximum absolute atomic E-state index is 6.57. The molecular formula is C50H28O2. The fourth-order valence-corrected chi connectivity index (χ4v) is 8.42. The quantitative estimate of drug-likeness (QED) is 0.136. The molecule has 0 amide bonds.